The van der Waals surface area contributed by atoms with Gasteiger partial charge in [0.1, 0.15) is 29.5 Å². The first-order valence-corrected chi connectivity index (χ1v) is 23.1. The second kappa shape index (κ2) is 19.4. The number of nitrogens with one attached hydrogen (secondary N) is 3. The van der Waals surface area contributed by atoms with E-state index in [1.165, 1.54) is 24.5 Å². The lowest BCUT2D eigenvalue weighted by Crippen LogP contribution is -2.54. The molecule has 5 heterocycles. The SMILES string of the molecule is Cc1ccc2c(c1)nc(CNc1nc(N3C[C@@H](C)N[C@@H](C)C3)nc3c(Br)cnn13)n2C/C(=C/F)C(=O)CCCOc1c(N)ncnc1-c1cc(F)cc(NC(=O)c2ccc(C3CC3)cc2F)c1C. The van der Waals surface area contributed by atoms with Gasteiger partial charge in [0.15, 0.2) is 23.0 Å². The predicted molar refractivity (Wildman–Crippen MR) is 256 cm³/mol. The number of anilines is 4. The van der Waals surface area contributed by atoms with E-state index in [9.17, 15) is 18.4 Å². The van der Waals surface area contributed by atoms with Crippen molar-refractivity contribution in [3.63, 3.8) is 0 Å². The zero-order valence-electron chi connectivity index (χ0n) is 37.8. The number of carbonyl (C=O) groups excluding carboxylic acids is 2. The van der Waals surface area contributed by atoms with E-state index in [-0.39, 0.29) is 84.3 Å². The summed E-state index contributed by atoms with van der Waals surface area (Å²) in [5, 5.41) is 14.0. The summed E-state index contributed by atoms with van der Waals surface area (Å²) in [6, 6.07) is 13.1. The summed E-state index contributed by atoms with van der Waals surface area (Å²) in [5.74, 6) is -0.774. The molecular weight excluding hydrogens is 944 g/mol. The van der Waals surface area contributed by atoms with E-state index in [4.69, 9.17) is 25.4 Å². The van der Waals surface area contributed by atoms with Crippen molar-refractivity contribution in [2.24, 2.45) is 0 Å². The number of aromatic nitrogens is 8. The standard InChI is InChI=1S/C48H49BrF3N13O3/c1-25-7-12-39-38(14-25)59-41(20-54-47-62-48(61-45-35(49)19-57-65(45)47)63-21-26(2)58-27(3)22-63)64(39)23-31(18-50)40(66)6-5-13-68-43-42(55-24-56-44(43)53)34-16-32(51)17-37(28(34)4)60-46(67)33-11-10-30(15-36(33)52)29-8-9-29/h7,10-12,14-19,24,26-27,29,58H,5-6,8-9,13,20-23H2,1-4H3,(H,60,67)(H2,53,55,56)(H,54,61,62)/b31-18-/t26-,27+. The number of ether oxygens (including phenoxy) is 1. The van der Waals surface area contributed by atoms with E-state index in [1.54, 1.807) is 28.3 Å². The van der Waals surface area contributed by atoms with Gasteiger partial charge in [0.25, 0.3) is 5.91 Å². The molecule has 5 N–H and O–H groups in total. The first-order valence-electron chi connectivity index (χ1n) is 22.3. The van der Waals surface area contributed by atoms with Gasteiger partial charge >= 0.3 is 0 Å². The van der Waals surface area contributed by atoms with Crippen molar-refractivity contribution in [2.45, 2.75) is 84.5 Å². The van der Waals surface area contributed by atoms with Gasteiger partial charge in [-0.15, -0.1) is 0 Å². The predicted octanol–water partition coefficient (Wildman–Crippen LogP) is 8.38. The Labute approximate surface area is 397 Å². The van der Waals surface area contributed by atoms with Crippen molar-refractivity contribution in [3.05, 3.63) is 117 Å². The summed E-state index contributed by atoms with van der Waals surface area (Å²) in [5.41, 5.74) is 10.7. The molecule has 1 aliphatic carbocycles. The normalized spacial score (nSPS) is 16.4. The van der Waals surface area contributed by atoms with Gasteiger partial charge in [-0.2, -0.15) is 19.6 Å². The second-order valence-corrected chi connectivity index (χ2v) is 18.3. The third kappa shape index (κ3) is 9.73. The minimum Gasteiger partial charge on any atom is -0.488 e. The minimum absolute atomic E-state index is 0.0267. The Kier molecular flexibility index (Phi) is 13.1. The molecule has 20 heteroatoms. The maximum absolute atomic E-state index is 15.2. The molecule has 0 spiro atoms. The van der Waals surface area contributed by atoms with E-state index in [0.29, 0.717) is 69.8 Å². The van der Waals surface area contributed by atoms with Gasteiger partial charge < -0.3 is 35.9 Å². The minimum atomic E-state index is -0.741. The third-order valence-corrected chi connectivity index (χ3v) is 12.7. The van der Waals surface area contributed by atoms with Gasteiger partial charge in [-0.1, -0.05) is 12.1 Å². The molecule has 7 aromatic rings. The summed E-state index contributed by atoms with van der Waals surface area (Å²) in [6.45, 7) is 9.25. The number of imidazole rings is 1. The molecule has 1 saturated carbocycles. The van der Waals surface area contributed by atoms with Crippen LogP contribution in [0.3, 0.4) is 0 Å². The summed E-state index contributed by atoms with van der Waals surface area (Å²) in [4.78, 5) is 52.0. The van der Waals surface area contributed by atoms with Crippen LogP contribution in [-0.2, 0) is 17.9 Å². The quantitative estimate of drug-likeness (QED) is 0.0533. The zero-order valence-corrected chi connectivity index (χ0v) is 39.4. The lowest BCUT2D eigenvalue weighted by atomic mass is 10.0. The average Bonchev–Trinajstić information content (AvgIpc) is 4.02. The number of amides is 1. The fraction of sp³-hybridized carbons (Fsp3) is 0.333. The number of halogens is 4. The molecule has 3 aromatic carbocycles. The highest BCUT2D eigenvalue weighted by Crippen LogP contribution is 2.41. The molecule has 1 aliphatic heterocycles. The summed E-state index contributed by atoms with van der Waals surface area (Å²) >= 11 is 3.57. The number of ketones is 1. The molecular formula is C48H49BrF3N13O3. The monoisotopic (exact) mass is 991 g/mol. The van der Waals surface area contributed by atoms with Gasteiger partial charge in [0, 0.05) is 48.4 Å². The smallest absolute Gasteiger partial charge is 0.258 e. The number of fused-ring (bicyclic) bond motifs is 2. The van der Waals surface area contributed by atoms with Crippen molar-refractivity contribution in [1.82, 2.24) is 44.4 Å². The molecule has 0 radical (unpaired) electrons. The first-order chi connectivity index (χ1) is 32.7. The van der Waals surface area contributed by atoms with E-state index >= 15 is 4.39 Å². The van der Waals surface area contributed by atoms with Crippen LogP contribution in [0.2, 0.25) is 0 Å². The lowest BCUT2D eigenvalue weighted by molar-refractivity contribution is -0.116. The number of piperazine rings is 1. The average molecular weight is 993 g/mol. The van der Waals surface area contributed by atoms with Crippen LogP contribution in [0, 0.1) is 25.5 Å². The van der Waals surface area contributed by atoms with Crippen LogP contribution >= 0.6 is 15.9 Å². The number of nitrogens with zero attached hydrogens (tertiary/aromatic N) is 9. The maximum atomic E-state index is 15.2. The van der Waals surface area contributed by atoms with Gasteiger partial charge in [-0.05, 0) is 122 Å². The third-order valence-electron chi connectivity index (χ3n) is 12.1. The lowest BCUT2D eigenvalue weighted by Gasteiger charge is -2.36. The molecule has 352 valence electrons. The molecule has 2 atom stereocenters. The summed E-state index contributed by atoms with van der Waals surface area (Å²) in [6.07, 6.45) is 5.18. The number of nitrogens with two attached hydrogens (primary N) is 1. The van der Waals surface area contributed by atoms with Gasteiger partial charge in [0.2, 0.25) is 11.9 Å². The molecule has 4 aromatic heterocycles. The van der Waals surface area contributed by atoms with Crippen LogP contribution in [0.15, 0.2) is 77.4 Å². The topological polar surface area (TPSA) is 195 Å². The van der Waals surface area contributed by atoms with E-state index in [2.05, 4.69) is 65.7 Å². The Morgan fingerprint density at radius 1 is 1.01 bits per heavy atom. The molecule has 2 fully saturated rings. The number of rotatable bonds is 16. The number of nitrogen functional groups attached to an aromatic ring is 1. The highest BCUT2D eigenvalue weighted by molar-refractivity contribution is 9.10. The van der Waals surface area contributed by atoms with E-state index in [0.717, 1.165) is 30.0 Å². The summed E-state index contributed by atoms with van der Waals surface area (Å²) in [7, 11) is 0. The Balaban J connectivity index is 0.885. The van der Waals surface area contributed by atoms with Crippen molar-refractivity contribution < 1.29 is 27.5 Å². The zero-order chi connectivity index (χ0) is 47.8. The molecule has 68 heavy (non-hydrogen) atoms. The van der Waals surface area contributed by atoms with Crippen LogP contribution in [0.25, 0.3) is 27.9 Å². The molecule has 1 saturated heterocycles. The fourth-order valence-electron chi connectivity index (χ4n) is 8.62. The van der Waals surface area contributed by atoms with E-state index < -0.39 is 23.3 Å². The van der Waals surface area contributed by atoms with Crippen molar-refractivity contribution >= 4 is 67.7 Å². The van der Waals surface area contributed by atoms with Gasteiger partial charge in [-0.3, -0.25) is 9.59 Å². The fourth-order valence-corrected chi connectivity index (χ4v) is 8.97. The molecule has 2 aliphatic rings. The van der Waals surface area contributed by atoms with Crippen molar-refractivity contribution in [3.8, 4) is 17.0 Å². The number of benzene rings is 3. The van der Waals surface area contributed by atoms with Gasteiger partial charge in [0.05, 0.1) is 53.3 Å². The number of carbonyl (C=O) groups is 2. The molecule has 16 nitrogen and oxygen atoms in total. The van der Waals surface area contributed by atoms with Crippen LogP contribution in [-0.4, -0.2) is 82.6 Å². The number of hydrogen-bond donors (Lipinski definition) is 4. The Morgan fingerprint density at radius 2 is 1.81 bits per heavy atom. The highest BCUT2D eigenvalue weighted by Gasteiger charge is 2.28. The Hall–Kier alpha value is -6.93. The van der Waals surface area contributed by atoms with Crippen LogP contribution < -0.4 is 31.3 Å². The number of Topliss-reactive ketones (excluding diaryl/α,β-unsaturated/α-hetero) is 1. The molecule has 9 rings (SSSR count). The van der Waals surface area contributed by atoms with Crippen LogP contribution in [0.5, 0.6) is 5.75 Å². The highest BCUT2D eigenvalue weighted by atomic mass is 79.9. The first kappa shape index (κ1) is 46.2. The number of allylic oxidation sites excluding steroid dienone is 1. The second-order valence-electron chi connectivity index (χ2n) is 17.4. The number of aryl methyl sites for hydroxylation is 1. The summed E-state index contributed by atoms with van der Waals surface area (Å²) < 4.78 is 55.2. The van der Waals surface area contributed by atoms with Crippen molar-refractivity contribution in [1.29, 1.82) is 0 Å². The molecule has 0 bridgehead atoms. The molecule has 0 unspecified atom stereocenters. The van der Waals surface area contributed by atoms with Crippen molar-refractivity contribution in [2.75, 3.05) is 41.0 Å². The Morgan fingerprint density at radius 3 is 2.56 bits per heavy atom. The van der Waals surface area contributed by atoms with Crippen LogP contribution in [0.1, 0.15) is 78.3 Å². The van der Waals surface area contributed by atoms with E-state index in [1.807, 2.05) is 25.1 Å². The Bertz CT molecular complexity index is 3110. The maximum Gasteiger partial charge on any atom is 0.258 e. The largest absolute Gasteiger partial charge is 0.488 e. The van der Waals surface area contributed by atoms with Gasteiger partial charge in [-0.25, -0.2) is 28.1 Å². The van der Waals surface area contributed by atoms with Crippen LogP contribution in [0.4, 0.5) is 36.6 Å². The molecule has 1 amide bonds. The number of hydrogen-bond acceptors (Lipinski definition) is 13.